The molecule has 0 spiro atoms. The van der Waals surface area contributed by atoms with Gasteiger partial charge in [0.2, 0.25) is 0 Å². The van der Waals surface area contributed by atoms with Gasteiger partial charge >= 0.3 is 6.18 Å². The Morgan fingerprint density at radius 2 is 1.94 bits per heavy atom. The average molecular weight is 252 g/mol. The number of rotatable bonds is 2. The summed E-state index contributed by atoms with van der Waals surface area (Å²) < 4.78 is 42.7. The molecule has 0 amide bonds. The molecular formula is C10H9ClF3NO. The van der Waals surface area contributed by atoms with Gasteiger partial charge in [-0.25, -0.2) is 0 Å². The van der Waals surface area contributed by atoms with Crippen LogP contribution in [0.2, 0.25) is 5.02 Å². The number of hydrogen-bond donors (Lipinski definition) is 1. The number of benzene rings is 1. The highest BCUT2D eigenvalue weighted by molar-refractivity contribution is 6.33. The van der Waals surface area contributed by atoms with Crippen LogP contribution < -0.4 is 10.5 Å². The SMILES string of the molecule is Nc1c(Cl)cc(C(F)(F)F)cc1OC1CC1. The lowest BCUT2D eigenvalue weighted by atomic mass is 10.2. The van der Waals surface area contributed by atoms with Gasteiger partial charge < -0.3 is 10.5 Å². The van der Waals surface area contributed by atoms with Gasteiger partial charge in [0.05, 0.1) is 22.4 Å². The summed E-state index contributed by atoms with van der Waals surface area (Å²) in [5.41, 5.74) is 4.76. The lowest BCUT2D eigenvalue weighted by Gasteiger charge is -2.13. The molecule has 16 heavy (non-hydrogen) atoms. The lowest BCUT2D eigenvalue weighted by molar-refractivity contribution is -0.137. The van der Waals surface area contributed by atoms with Crippen LogP contribution in [0.4, 0.5) is 18.9 Å². The average Bonchev–Trinajstić information content (AvgIpc) is 2.94. The van der Waals surface area contributed by atoms with Crippen molar-refractivity contribution < 1.29 is 17.9 Å². The molecule has 0 radical (unpaired) electrons. The van der Waals surface area contributed by atoms with Crippen molar-refractivity contribution in [1.29, 1.82) is 0 Å². The molecule has 1 aliphatic carbocycles. The first-order valence-corrected chi connectivity index (χ1v) is 5.08. The molecule has 88 valence electrons. The van der Waals surface area contributed by atoms with Crippen LogP contribution in [0.25, 0.3) is 0 Å². The molecule has 0 unspecified atom stereocenters. The molecule has 1 fully saturated rings. The second-order valence-electron chi connectivity index (χ2n) is 3.68. The molecule has 0 aliphatic heterocycles. The Balaban J connectivity index is 2.38. The van der Waals surface area contributed by atoms with Crippen LogP contribution in [0.3, 0.4) is 0 Å². The largest absolute Gasteiger partial charge is 0.488 e. The summed E-state index contributed by atoms with van der Waals surface area (Å²) >= 11 is 5.62. The van der Waals surface area contributed by atoms with Crippen molar-refractivity contribution >= 4 is 17.3 Å². The fourth-order valence-corrected chi connectivity index (χ4v) is 1.43. The first-order chi connectivity index (χ1) is 7.38. The Morgan fingerprint density at radius 1 is 1.31 bits per heavy atom. The van der Waals surface area contributed by atoms with Gasteiger partial charge in [-0.05, 0) is 25.0 Å². The topological polar surface area (TPSA) is 35.2 Å². The van der Waals surface area contributed by atoms with Gasteiger partial charge in [-0.1, -0.05) is 11.6 Å². The minimum absolute atomic E-state index is 0.0160. The summed E-state index contributed by atoms with van der Waals surface area (Å²) in [6.45, 7) is 0. The summed E-state index contributed by atoms with van der Waals surface area (Å²) in [6, 6.07) is 1.69. The van der Waals surface area contributed by atoms with Crippen LogP contribution in [0.5, 0.6) is 5.75 Å². The number of anilines is 1. The van der Waals surface area contributed by atoms with E-state index in [0.29, 0.717) is 0 Å². The molecular weight excluding hydrogens is 243 g/mol. The maximum Gasteiger partial charge on any atom is 0.416 e. The Bertz CT molecular complexity index is 415. The van der Waals surface area contributed by atoms with Gasteiger partial charge in [0, 0.05) is 0 Å². The fraction of sp³-hybridized carbons (Fsp3) is 0.400. The zero-order valence-electron chi connectivity index (χ0n) is 8.14. The summed E-state index contributed by atoms with van der Waals surface area (Å²) in [6.07, 6.45) is -2.79. The third-order valence-electron chi connectivity index (χ3n) is 2.24. The zero-order valence-corrected chi connectivity index (χ0v) is 8.90. The van der Waals surface area contributed by atoms with Gasteiger partial charge in [0.25, 0.3) is 0 Å². The molecule has 2 nitrogen and oxygen atoms in total. The zero-order chi connectivity index (χ0) is 11.9. The molecule has 1 saturated carbocycles. The van der Waals surface area contributed by atoms with Crippen molar-refractivity contribution in [2.45, 2.75) is 25.1 Å². The smallest absolute Gasteiger partial charge is 0.416 e. The Labute approximate surface area is 95.1 Å². The van der Waals surface area contributed by atoms with Crippen LogP contribution in [0.1, 0.15) is 18.4 Å². The van der Waals surface area contributed by atoms with Crippen molar-refractivity contribution in [2.24, 2.45) is 0 Å². The van der Waals surface area contributed by atoms with Gasteiger partial charge in [-0.2, -0.15) is 13.2 Å². The van der Waals surface area contributed by atoms with Crippen molar-refractivity contribution in [3.05, 3.63) is 22.7 Å². The highest BCUT2D eigenvalue weighted by Crippen LogP contribution is 2.40. The summed E-state index contributed by atoms with van der Waals surface area (Å²) in [5, 5.41) is -0.134. The molecule has 1 aromatic rings. The molecule has 2 N–H and O–H groups in total. The van der Waals surface area contributed by atoms with E-state index in [1.54, 1.807) is 0 Å². The van der Waals surface area contributed by atoms with Gasteiger partial charge in [-0.3, -0.25) is 0 Å². The van der Waals surface area contributed by atoms with E-state index in [0.717, 1.165) is 25.0 Å². The van der Waals surface area contributed by atoms with Gasteiger partial charge in [0.1, 0.15) is 5.75 Å². The van der Waals surface area contributed by atoms with Crippen molar-refractivity contribution in [3.63, 3.8) is 0 Å². The predicted molar refractivity (Wildman–Crippen MR) is 54.5 cm³/mol. The fourth-order valence-electron chi connectivity index (χ4n) is 1.22. The Morgan fingerprint density at radius 3 is 2.44 bits per heavy atom. The maximum absolute atomic E-state index is 12.5. The quantitative estimate of drug-likeness (QED) is 0.817. The summed E-state index contributed by atoms with van der Waals surface area (Å²) in [5.74, 6) is 0.0160. The standard InChI is InChI=1S/C10H9ClF3NO/c11-7-3-5(10(12,13)14)4-8(9(7)15)16-6-1-2-6/h3-4,6H,1-2,15H2. The summed E-state index contributed by atoms with van der Waals surface area (Å²) in [7, 11) is 0. The highest BCUT2D eigenvalue weighted by atomic mass is 35.5. The predicted octanol–water partition coefficient (Wildman–Crippen LogP) is 3.48. The van der Waals surface area contributed by atoms with Crippen molar-refractivity contribution in [1.82, 2.24) is 0 Å². The number of halogens is 4. The number of alkyl halides is 3. The Hall–Kier alpha value is -1.10. The van der Waals surface area contributed by atoms with Crippen LogP contribution in [-0.4, -0.2) is 6.10 Å². The molecule has 0 saturated heterocycles. The minimum Gasteiger partial charge on any atom is -0.488 e. The first-order valence-electron chi connectivity index (χ1n) is 4.71. The monoisotopic (exact) mass is 251 g/mol. The molecule has 0 bridgehead atoms. The van der Waals surface area contributed by atoms with E-state index in [1.807, 2.05) is 0 Å². The van der Waals surface area contributed by atoms with E-state index in [9.17, 15) is 13.2 Å². The second-order valence-corrected chi connectivity index (χ2v) is 4.09. The highest BCUT2D eigenvalue weighted by Gasteiger charge is 2.33. The molecule has 0 aromatic heterocycles. The Kier molecular flexibility index (Phi) is 2.66. The molecule has 0 atom stereocenters. The molecule has 1 aliphatic rings. The third kappa shape index (κ3) is 2.35. The molecule has 6 heteroatoms. The summed E-state index contributed by atoms with van der Waals surface area (Å²) in [4.78, 5) is 0. The third-order valence-corrected chi connectivity index (χ3v) is 2.55. The van der Waals surface area contributed by atoms with Crippen LogP contribution in [0.15, 0.2) is 12.1 Å². The number of hydrogen-bond acceptors (Lipinski definition) is 2. The van der Waals surface area contributed by atoms with Crippen molar-refractivity contribution in [3.8, 4) is 5.75 Å². The van der Waals surface area contributed by atoms with Gasteiger partial charge in [-0.15, -0.1) is 0 Å². The maximum atomic E-state index is 12.5. The van der Waals surface area contributed by atoms with E-state index in [1.165, 1.54) is 0 Å². The number of nitrogens with two attached hydrogens (primary N) is 1. The van der Waals surface area contributed by atoms with Crippen LogP contribution in [0, 0.1) is 0 Å². The number of nitrogen functional groups attached to an aromatic ring is 1. The van der Waals surface area contributed by atoms with Gasteiger partial charge in [0.15, 0.2) is 0 Å². The van der Waals surface area contributed by atoms with E-state index in [-0.39, 0.29) is 22.6 Å². The van der Waals surface area contributed by atoms with Crippen molar-refractivity contribution in [2.75, 3.05) is 5.73 Å². The lowest BCUT2D eigenvalue weighted by Crippen LogP contribution is -2.08. The van der Waals surface area contributed by atoms with Crippen LogP contribution in [-0.2, 0) is 6.18 Å². The van der Waals surface area contributed by atoms with Crippen LogP contribution >= 0.6 is 11.6 Å². The number of ether oxygens (including phenoxy) is 1. The molecule has 0 heterocycles. The van der Waals surface area contributed by atoms with E-state index in [2.05, 4.69) is 0 Å². The van der Waals surface area contributed by atoms with E-state index < -0.39 is 11.7 Å². The molecule has 2 rings (SSSR count). The normalized spacial score (nSPS) is 16.2. The molecule has 1 aromatic carbocycles. The second kappa shape index (κ2) is 3.73. The first kappa shape index (κ1) is 11.4. The van der Waals surface area contributed by atoms with E-state index >= 15 is 0 Å². The minimum atomic E-state index is -4.45. The van der Waals surface area contributed by atoms with E-state index in [4.69, 9.17) is 22.1 Å².